The average Bonchev–Trinajstić information content (AvgIpc) is 2.35. The summed E-state index contributed by atoms with van der Waals surface area (Å²) in [7, 11) is 3.42. The van der Waals surface area contributed by atoms with Gasteiger partial charge in [0.1, 0.15) is 5.82 Å². The van der Waals surface area contributed by atoms with Crippen LogP contribution >= 0.6 is 0 Å². The number of methoxy groups -OCH3 is 2. The van der Waals surface area contributed by atoms with E-state index >= 15 is 0 Å². The molecule has 0 aliphatic carbocycles. The van der Waals surface area contributed by atoms with Crippen LogP contribution in [0, 0.1) is 0 Å². The van der Waals surface area contributed by atoms with Gasteiger partial charge in [0.05, 0.1) is 18.5 Å². The van der Waals surface area contributed by atoms with E-state index < -0.39 is 0 Å². The van der Waals surface area contributed by atoms with E-state index in [1.54, 1.807) is 20.4 Å². The minimum absolute atomic E-state index is 0.539. The molecule has 0 fully saturated rings. The van der Waals surface area contributed by atoms with Gasteiger partial charge in [0, 0.05) is 33.9 Å². The van der Waals surface area contributed by atoms with Crippen molar-refractivity contribution in [3.63, 3.8) is 0 Å². The fourth-order valence-electron chi connectivity index (χ4n) is 1.56. The van der Waals surface area contributed by atoms with Crippen molar-refractivity contribution in [3.05, 3.63) is 18.3 Å². The van der Waals surface area contributed by atoms with Crippen LogP contribution in [0.5, 0.6) is 0 Å². The summed E-state index contributed by atoms with van der Waals surface area (Å²) >= 11 is 0. The maximum atomic E-state index is 5.57. The van der Waals surface area contributed by atoms with E-state index in [9.17, 15) is 0 Å². The zero-order valence-electron chi connectivity index (χ0n) is 10.6. The maximum Gasteiger partial charge on any atom is 0.123 e. The topological polar surface area (TPSA) is 60.6 Å². The predicted molar refractivity (Wildman–Crippen MR) is 69.2 cm³/mol. The number of nitrogens with zero attached hydrogens (tertiary/aromatic N) is 2. The van der Waals surface area contributed by atoms with Crippen LogP contribution in [0.3, 0.4) is 0 Å². The molecular weight excluding hydrogens is 218 g/mol. The summed E-state index contributed by atoms with van der Waals surface area (Å²) in [5.41, 5.74) is 6.64. The molecule has 0 unspecified atom stereocenters. The van der Waals surface area contributed by atoms with Gasteiger partial charge >= 0.3 is 0 Å². The Morgan fingerprint density at radius 1 is 1.18 bits per heavy atom. The Hall–Kier alpha value is -1.33. The highest BCUT2D eigenvalue weighted by Crippen LogP contribution is 2.14. The molecule has 0 atom stereocenters. The number of anilines is 2. The first-order valence-corrected chi connectivity index (χ1v) is 5.72. The number of aromatic nitrogens is 1. The summed E-state index contributed by atoms with van der Waals surface area (Å²) in [5.74, 6) is 0.539. The third kappa shape index (κ3) is 5.01. The fraction of sp³-hybridized carbons (Fsp3) is 0.583. The normalized spacial score (nSPS) is 10.5. The molecule has 17 heavy (non-hydrogen) atoms. The van der Waals surface area contributed by atoms with E-state index in [1.807, 2.05) is 12.1 Å². The van der Waals surface area contributed by atoms with Gasteiger partial charge in [-0.2, -0.15) is 0 Å². The molecule has 2 N–H and O–H groups in total. The summed E-state index contributed by atoms with van der Waals surface area (Å²) < 4.78 is 10.2. The number of pyridine rings is 1. The monoisotopic (exact) mass is 239 g/mol. The minimum Gasteiger partial charge on any atom is -0.385 e. The average molecular weight is 239 g/mol. The van der Waals surface area contributed by atoms with Gasteiger partial charge in [0.2, 0.25) is 0 Å². The molecule has 0 aromatic carbocycles. The van der Waals surface area contributed by atoms with Gasteiger partial charge in [-0.05, 0) is 18.6 Å². The van der Waals surface area contributed by atoms with E-state index in [4.69, 9.17) is 15.2 Å². The minimum atomic E-state index is 0.539. The van der Waals surface area contributed by atoms with Crippen molar-refractivity contribution in [2.75, 3.05) is 51.2 Å². The summed E-state index contributed by atoms with van der Waals surface area (Å²) in [4.78, 5) is 6.32. The van der Waals surface area contributed by atoms with Gasteiger partial charge in [0.15, 0.2) is 0 Å². The van der Waals surface area contributed by atoms with Gasteiger partial charge < -0.3 is 20.1 Å². The first kappa shape index (κ1) is 13.7. The van der Waals surface area contributed by atoms with E-state index in [-0.39, 0.29) is 0 Å². The lowest BCUT2D eigenvalue weighted by atomic mass is 10.3. The lowest BCUT2D eigenvalue weighted by Crippen LogP contribution is -2.29. The Morgan fingerprint density at radius 3 is 2.53 bits per heavy atom. The molecule has 1 aromatic heterocycles. The van der Waals surface area contributed by atoms with E-state index in [2.05, 4.69) is 9.88 Å². The molecule has 0 radical (unpaired) electrons. The number of nitrogens with two attached hydrogens (primary N) is 1. The van der Waals surface area contributed by atoms with Crippen LogP contribution in [0.4, 0.5) is 11.5 Å². The summed E-state index contributed by atoms with van der Waals surface area (Å²) in [6.45, 7) is 3.21. The van der Waals surface area contributed by atoms with Crippen molar-refractivity contribution >= 4 is 11.5 Å². The Kier molecular flexibility index (Phi) is 6.35. The smallest absolute Gasteiger partial charge is 0.123 e. The Morgan fingerprint density at radius 2 is 1.94 bits per heavy atom. The zero-order valence-corrected chi connectivity index (χ0v) is 10.6. The number of hydrogen-bond donors (Lipinski definition) is 1. The van der Waals surface area contributed by atoms with E-state index in [1.165, 1.54) is 0 Å². The van der Waals surface area contributed by atoms with Crippen LogP contribution in [0.2, 0.25) is 0 Å². The van der Waals surface area contributed by atoms with Crippen LogP contribution < -0.4 is 10.6 Å². The highest BCUT2D eigenvalue weighted by Gasteiger charge is 2.06. The maximum absolute atomic E-state index is 5.57. The second kappa shape index (κ2) is 7.86. The molecule has 0 amide bonds. The number of hydrogen-bond acceptors (Lipinski definition) is 5. The van der Waals surface area contributed by atoms with Gasteiger partial charge in [0.25, 0.3) is 0 Å². The molecule has 0 aliphatic heterocycles. The molecular formula is C12H21N3O2. The van der Waals surface area contributed by atoms with Crippen LogP contribution in [-0.2, 0) is 9.47 Å². The molecule has 1 rings (SSSR count). The first-order chi connectivity index (χ1) is 8.27. The third-order valence-corrected chi connectivity index (χ3v) is 2.48. The molecule has 0 bridgehead atoms. The number of nitrogen functional groups attached to an aromatic ring is 1. The van der Waals surface area contributed by atoms with E-state index in [0.29, 0.717) is 12.4 Å². The van der Waals surface area contributed by atoms with Crippen molar-refractivity contribution < 1.29 is 9.47 Å². The molecule has 0 saturated carbocycles. The SMILES string of the molecule is COCCCN(CCOC)c1ccc(N)nc1. The van der Waals surface area contributed by atoms with Crippen LogP contribution in [0.25, 0.3) is 0 Å². The third-order valence-electron chi connectivity index (χ3n) is 2.48. The summed E-state index contributed by atoms with van der Waals surface area (Å²) in [6, 6.07) is 3.79. The number of ether oxygens (including phenoxy) is 2. The van der Waals surface area contributed by atoms with Gasteiger partial charge in [-0.25, -0.2) is 4.98 Å². The fourth-order valence-corrected chi connectivity index (χ4v) is 1.56. The second-order valence-corrected chi connectivity index (χ2v) is 3.77. The van der Waals surface area contributed by atoms with Gasteiger partial charge in [-0.15, -0.1) is 0 Å². The molecule has 1 aromatic rings. The lowest BCUT2D eigenvalue weighted by molar-refractivity contribution is 0.191. The summed E-state index contributed by atoms with van der Waals surface area (Å²) in [6.07, 6.45) is 2.77. The van der Waals surface area contributed by atoms with Crippen molar-refractivity contribution in [2.45, 2.75) is 6.42 Å². The standard InChI is InChI=1S/C12H21N3O2/c1-16-8-3-6-15(7-9-17-2)11-4-5-12(13)14-10-11/h4-5,10H,3,6-9H2,1-2H3,(H2,13,14). The van der Waals surface area contributed by atoms with Crippen molar-refractivity contribution in [1.29, 1.82) is 0 Å². The molecule has 0 saturated heterocycles. The van der Waals surface area contributed by atoms with Crippen molar-refractivity contribution in [3.8, 4) is 0 Å². The largest absolute Gasteiger partial charge is 0.385 e. The molecule has 5 heteroatoms. The molecule has 0 spiro atoms. The quantitative estimate of drug-likeness (QED) is 0.690. The molecule has 96 valence electrons. The van der Waals surface area contributed by atoms with Crippen LogP contribution in [0.15, 0.2) is 18.3 Å². The highest BCUT2D eigenvalue weighted by atomic mass is 16.5. The molecule has 5 nitrogen and oxygen atoms in total. The Labute approximate surface area is 103 Å². The Bertz CT molecular complexity index is 303. The number of rotatable bonds is 8. The lowest BCUT2D eigenvalue weighted by Gasteiger charge is -2.24. The van der Waals surface area contributed by atoms with Gasteiger partial charge in [-0.3, -0.25) is 0 Å². The Balaban J connectivity index is 2.57. The van der Waals surface area contributed by atoms with Crippen molar-refractivity contribution in [2.24, 2.45) is 0 Å². The van der Waals surface area contributed by atoms with Crippen LogP contribution in [0.1, 0.15) is 6.42 Å². The van der Waals surface area contributed by atoms with Gasteiger partial charge in [-0.1, -0.05) is 0 Å². The van der Waals surface area contributed by atoms with Crippen molar-refractivity contribution in [1.82, 2.24) is 4.98 Å². The summed E-state index contributed by atoms with van der Waals surface area (Å²) in [5, 5.41) is 0. The first-order valence-electron chi connectivity index (χ1n) is 5.72. The highest BCUT2D eigenvalue weighted by molar-refractivity contribution is 5.47. The van der Waals surface area contributed by atoms with E-state index in [0.717, 1.165) is 31.8 Å². The predicted octanol–water partition coefficient (Wildman–Crippen LogP) is 1.15. The molecule has 1 heterocycles. The van der Waals surface area contributed by atoms with Crippen LogP contribution in [-0.4, -0.2) is 45.5 Å². The zero-order chi connectivity index (χ0) is 12.5. The molecule has 0 aliphatic rings. The second-order valence-electron chi connectivity index (χ2n) is 3.77.